The molecule has 0 atom stereocenters. The zero-order valence-electron chi connectivity index (χ0n) is 14.4. The smallest absolute Gasteiger partial charge is 0.199 e. The fourth-order valence-corrected chi connectivity index (χ4v) is 3.23. The summed E-state index contributed by atoms with van der Waals surface area (Å²) in [6.07, 6.45) is 0. The van der Waals surface area contributed by atoms with E-state index >= 15 is 0 Å². The molecule has 0 unspecified atom stereocenters. The second-order valence-corrected chi connectivity index (χ2v) is 6.49. The monoisotopic (exact) mass is 319 g/mol. The van der Waals surface area contributed by atoms with E-state index in [-0.39, 0.29) is 11.5 Å². The molecule has 3 heteroatoms. The van der Waals surface area contributed by atoms with E-state index in [4.69, 9.17) is 0 Å². The second kappa shape index (κ2) is 6.08. The Kier molecular flexibility index (Phi) is 4.10. The van der Waals surface area contributed by atoms with Crippen LogP contribution in [0.15, 0.2) is 53.0 Å². The van der Waals surface area contributed by atoms with Crippen LogP contribution in [0.3, 0.4) is 0 Å². The lowest BCUT2D eigenvalue weighted by Gasteiger charge is -2.10. The Labute approximate surface area is 142 Å². The van der Waals surface area contributed by atoms with Gasteiger partial charge in [0.25, 0.3) is 0 Å². The van der Waals surface area contributed by atoms with Crippen molar-refractivity contribution in [1.29, 1.82) is 0 Å². The van der Waals surface area contributed by atoms with Gasteiger partial charge in [0.05, 0.1) is 17.0 Å². The van der Waals surface area contributed by atoms with Crippen molar-refractivity contribution in [3.63, 3.8) is 0 Å². The molecule has 0 heterocycles. The van der Waals surface area contributed by atoms with Crippen LogP contribution < -0.4 is 0 Å². The Morgan fingerprint density at radius 1 is 1.08 bits per heavy atom. The average molecular weight is 319 g/mol. The summed E-state index contributed by atoms with van der Waals surface area (Å²) in [5.41, 5.74) is 5.20. The van der Waals surface area contributed by atoms with E-state index in [1.807, 2.05) is 18.2 Å². The molecule has 0 radical (unpaired) electrons. The number of carbonyl (C=O) groups is 1. The number of Topliss-reactive ketones (excluding diaryl/α,β-unsaturated/α-hetero) is 1. The van der Waals surface area contributed by atoms with Crippen LogP contribution >= 0.6 is 0 Å². The van der Waals surface area contributed by atoms with Gasteiger partial charge in [0.2, 0.25) is 0 Å². The minimum atomic E-state index is -0.167. The van der Waals surface area contributed by atoms with Crippen LogP contribution in [0.4, 0.5) is 5.69 Å². The number of aliphatic imine (C=N–C) groups is 1. The predicted molar refractivity (Wildman–Crippen MR) is 98.4 cm³/mol. The zero-order valence-corrected chi connectivity index (χ0v) is 14.4. The molecular formula is C21H21NO2. The van der Waals surface area contributed by atoms with Gasteiger partial charge in [0.1, 0.15) is 5.76 Å². The van der Waals surface area contributed by atoms with Gasteiger partial charge in [0.15, 0.2) is 5.78 Å². The number of benzene rings is 2. The van der Waals surface area contributed by atoms with Crippen LogP contribution in [0.2, 0.25) is 0 Å². The number of rotatable bonds is 3. The third-order valence-corrected chi connectivity index (χ3v) is 4.42. The average Bonchev–Trinajstić information content (AvgIpc) is 2.79. The van der Waals surface area contributed by atoms with Gasteiger partial charge in [0, 0.05) is 11.1 Å². The first-order valence-corrected chi connectivity index (χ1v) is 8.13. The number of aliphatic hydroxyl groups excluding tert-OH is 1. The fraction of sp³-hybridized carbons (Fsp3) is 0.238. The van der Waals surface area contributed by atoms with E-state index in [9.17, 15) is 9.90 Å². The van der Waals surface area contributed by atoms with Crippen molar-refractivity contribution in [2.75, 3.05) is 0 Å². The van der Waals surface area contributed by atoms with Crippen LogP contribution in [0, 0.1) is 6.92 Å². The molecule has 0 saturated heterocycles. The first-order valence-electron chi connectivity index (χ1n) is 8.13. The fourth-order valence-electron chi connectivity index (χ4n) is 3.23. The lowest BCUT2D eigenvalue weighted by molar-refractivity contribution is 0.104. The summed E-state index contributed by atoms with van der Waals surface area (Å²) in [5.74, 6) is 0.314. The molecule has 0 fully saturated rings. The Morgan fingerprint density at radius 3 is 2.33 bits per heavy atom. The maximum absolute atomic E-state index is 12.6. The number of aryl methyl sites for hydroxylation is 1. The molecule has 1 N–H and O–H groups in total. The summed E-state index contributed by atoms with van der Waals surface area (Å²) in [5, 5.41) is 10.4. The molecular weight excluding hydrogens is 298 g/mol. The quantitative estimate of drug-likeness (QED) is 0.772. The highest BCUT2D eigenvalue weighted by Crippen LogP contribution is 2.32. The van der Waals surface area contributed by atoms with E-state index in [0.717, 1.165) is 5.69 Å². The molecule has 0 bridgehead atoms. The number of carbonyl (C=O) groups excluding carboxylic acids is 1. The molecule has 24 heavy (non-hydrogen) atoms. The minimum Gasteiger partial charge on any atom is -0.506 e. The molecule has 1 aliphatic rings. The molecule has 0 aliphatic heterocycles. The summed E-state index contributed by atoms with van der Waals surface area (Å²) >= 11 is 0. The molecule has 122 valence electrons. The Bertz CT molecular complexity index is 888. The summed E-state index contributed by atoms with van der Waals surface area (Å²) in [6.45, 7) is 8.15. The van der Waals surface area contributed by atoms with Crippen LogP contribution in [-0.2, 0) is 0 Å². The van der Waals surface area contributed by atoms with Crippen molar-refractivity contribution < 1.29 is 9.90 Å². The van der Waals surface area contributed by atoms with Gasteiger partial charge in [-0.1, -0.05) is 44.2 Å². The molecule has 2 aromatic carbocycles. The lowest BCUT2D eigenvalue weighted by atomic mass is 9.97. The van der Waals surface area contributed by atoms with Gasteiger partial charge >= 0.3 is 0 Å². The van der Waals surface area contributed by atoms with Gasteiger partial charge in [-0.05, 0) is 43.0 Å². The number of hydrogen-bond donors (Lipinski definition) is 1. The van der Waals surface area contributed by atoms with Gasteiger partial charge in [-0.25, -0.2) is 0 Å². The van der Waals surface area contributed by atoms with Crippen molar-refractivity contribution in [3.05, 3.63) is 70.3 Å². The first kappa shape index (κ1) is 16.2. The number of aliphatic hydroxyl groups is 1. The summed E-state index contributed by atoms with van der Waals surface area (Å²) in [4.78, 5) is 17.1. The standard InChI is InChI=1S/C21H21NO2/c1-12(2)16-10-9-15(11-13(16)3)22-14(4)19-20(23)17-7-5-6-8-18(17)21(19)24/h5-12,23H,1-4H3. The van der Waals surface area contributed by atoms with Gasteiger partial charge < -0.3 is 5.11 Å². The van der Waals surface area contributed by atoms with Gasteiger partial charge in [-0.2, -0.15) is 0 Å². The maximum atomic E-state index is 12.6. The molecule has 2 aromatic rings. The normalized spacial score (nSPS) is 14.5. The molecule has 0 saturated carbocycles. The highest BCUT2D eigenvalue weighted by Gasteiger charge is 2.30. The number of hydrogen-bond acceptors (Lipinski definition) is 3. The van der Waals surface area contributed by atoms with Crippen molar-refractivity contribution in [1.82, 2.24) is 0 Å². The number of ketones is 1. The van der Waals surface area contributed by atoms with E-state index < -0.39 is 0 Å². The van der Waals surface area contributed by atoms with E-state index in [1.165, 1.54) is 11.1 Å². The SMILES string of the molecule is CC(=Nc1ccc(C(C)C)c(C)c1)C1=C(O)c2ccccc2C1=O. The van der Waals surface area contributed by atoms with E-state index in [0.29, 0.717) is 28.3 Å². The van der Waals surface area contributed by atoms with Gasteiger partial charge in [-0.15, -0.1) is 0 Å². The van der Waals surface area contributed by atoms with Crippen LogP contribution in [0.25, 0.3) is 5.76 Å². The van der Waals surface area contributed by atoms with Crippen molar-refractivity contribution >= 4 is 22.9 Å². The molecule has 0 amide bonds. The lowest BCUT2D eigenvalue weighted by Crippen LogP contribution is -2.07. The predicted octanol–water partition coefficient (Wildman–Crippen LogP) is 5.38. The summed E-state index contributed by atoms with van der Waals surface area (Å²) in [7, 11) is 0. The zero-order chi connectivity index (χ0) is 17.4. The van der Waals surface area contributed by atoms with Crippen LogP contribution in [0.1, 0.15) is 53.7 Å². The number of fused-ring (bicyclic) bond motifs is 1. The molecule has 0 aromatic heterocycles. The maximum Gasteiger partial charge on any atom is 0.199 e. The van der Waals surface area contributed by atoms with Crippen molar-refractivity contribution in [3.8, 4) is 0 Å². The second-order valence-electron chi connectivity index (χ2n) is 6.49. The topological polar surface area (TPSA) is 49.7 Å². The third-order valence-electron chi connectivity index (χ3n) is 4.42. The third kappa shape index (κ3) is 2.67. The Morgan fingerprint density at radius 2 is 1.75 bits per heavy atom. The highest BCUT2D eigenvalue weighted by molar-refractivity contribution is 6.35. The molecule has 3 nitrogen and oxygen atoms in total. The van der Waals surface area contributed by atoms with Crippen molar-refractivity contribution in [2.45, 2.75) is 33.6 Å². The largest absolute Gasteiger partial charge is 0.506 e. The van der Waals surface area contributed by atoms with Crippen LogP contribution in [-0.4, -0.2) is 16.6 Å². The minimum absolute atomic E-state index is 0.0207. The van der Waals surface area contributed by atoms with Crippen molar-refractivity contribution in [2.24, 2.45) is 4.99 Å². The molecule has 3 rings (SSSR count). The number of allylic oxidation sites excluding steroid dienone is 1. The molecule has 1 aliphatic carbocycles. The first-order chi connectivity index (χ1) is 11.4. The number of nitrogens with zero attached hydrogens (tertiary/aromatic N) is 1. The van der Waals surface area contributed by atoms with E-state index in [2.05, 4.69) is 31.8 Å². The van der Waals surface area contributed by atoms with Crippen LogP contribution in [0.5, 0.6) is 0 Å². The Balaban J connectivity index is 2.00. The highest BCUT2D eigenvalue weighted by atomic mass is 16.3. The van der Waals surface area contributed by atoms with Gasteiger partial charge in [-0.3, -0.25) is 9.79 Å². The van der Waals surface area contributed by atoms with E-state index in [1.54, 1.807) is 25.1 Å². The summed E-state index contributed by atoms with van der Waals surface area (Å²) in [6, 6.07) is 13.1. The Hall–Kier alpha value is -2.68. The molecule has 0 spiro atoms. The summed E-state index contributed by atoms with van der Waals surface area (Å²) < 4.78 is 0.